The van der Waals surface area contributed by atoms with Gasteiger partial charge in [-0.2, -0.15) is 4.98 Å². The summed E-state index contributed by atoms with van der Waals surface area (Å²) in [5.74, 6) is 8.74. The van der Waals surface area contributed by atoms with Crippen LogP contribution in [0.15, 0.2) is 47.5 Å². The molecular formula is C32H32ClN5O6. The van der Waals surface area contributed by atoms with Crippen molar-refractivity contribution in [1.29, 1.82) is 0 Å². The van der Waals surface area contributed by atoms with Crippen LogP contribution in [0.5, 0.6) is 17.2 Å². The number of carbonyl (C=O) groups is 1. The summed E-state index contributed by atoms with van der Waals surface area (Å²) < 4.78 is 18.2. The first-order chi connectivity index (χ1) is 20.7. The van der Waals surface area contributed by atoms with E-state index in [9.17, 15) is 14.7 Å². The van der Waals surface area contributed by atoms with Gasteiger partial charge in [-0.3, -0.25) is 4.79 Å². The van der Waals surface area contributed by atoms with E-state index >= 15 is 0 Å². The van der Waals surface area contributed by atoms with Crippen LogP contribution in [0.4, 0.5) is 16.6 Å². The normalized spacial score (nSPS) is 18.3. The number of nitrogens with zero attached hydrogens (tertiary/aromatic N) is 3. The van der Waals surface area contributed by atoms with E-state index in [-0.39, 0.29) is 30.1 Å². The van der Waals surface area contributed by atoms with Gasteiger partial charge in [0, 0.05) is 35.2 Å². The molecule has 3 unspecified atom stereocenters. The zero-order valence-electron chi connectivity index (χ0n) is 24.2. The number of rotatable bonds is 6. The molecule has 2 aromatic heterocycles. The number of ether oxygens (including phenoxy) is 3. The number of benzene rings is 2. The molecule has 2 aliphatic rings. The molecule has 2 bridgehead atoms. The quantitative estimate of drug-likeness (QED) is 0.202. The maximum atomic E-state index is 13.2. The van der Waals surface area contributed by atoms with Crippen molar-refractivity contribution in [2.45, 2.75) is 38.1 Å². The first-order valence-electron chi connectivity index (χ1n) is 14.0. The van der Waals surface area contributed by atoms with Gasteiger partial charge in [0.05, 0.1) is 31.5 Å². The Morgan fingerprint density at radius 2 is 1.91 bits per heavy atom. The molecule has 6 rings (SSSR count). The van der Waals surface area contributed by atoms with Crippen molar-refractivity contribution >= 4 is 41.2 Å². The van der Waals surface area contributed by atoms with E-state index in [0.29, 0.717) is 63.2 Å². The number of nitrogen functional groups attached to an aromatic ring is 2. The van der Waals surface area contributed by atoms with Crippen LogP contribution in [-0.2, 0) is 6.42 Å². The van der Waals surface area contributed by atoms with Crippen LogP contribution < -0.4 is 31.1 Å². The smallest absolute Gasteiger partial charge is 0.493 e. The third kappa shape index (κ3) is 5.81. The van der Waals surface area contributed by atoms with Crippen LogP contribution in [0, 0.1) is 23.7 Å². The molecule has 2 aromatic carbocycles. The average Bonchev–Trinajstić information content (AvgIpc) is 3.62. The maximum absolute atomic E-state index is 13.2. The van der Waals surface area contributed by atoms with Gasteiger partial charge in [-0.25, -0.2) is 9.78 Å². The van der Waals surface area contributed by atoms with Crippen LogP contribution >= 0.6 is 12.4 Å². The van der Waals surface area contributed by atoms with E-state index in [2.05, 4.69) is 21.8 Å². The lowest BCUT2D eigenvalue weighted by atomic mass is 9.94. The lowest BCUT2D eigenvalue weighted by molar-refractivity contribution is 0.143. The molecular weight excluding hydrogens is 586 g/mol. The molecule has 0 amide bonds. The van der Waals surface area contributed by atoms with Crippen molar-refractivity contribution in [3.05, 3.63) is 75.2 Å². The predicted molar refractivity (Wildman–Crippen MR) is 168 cm³/mol. The summed E-state index contributed by atoms with van der Waals surface area (Å²) in [6.45, 7) is 0. The number of fused-ring (bicyclic) bond motifs is 3. The van der Waals surface area contributed by atoms with Crippen molar-refractivity contribution in [3.8, 4) is 29.1 Å². The zero-order valence-corrected chi connectivity index (χ0v) is 25.0. The minimum absolute atomic E-state index is 0. The summed E-state index contributed by atoms with van der Waals surface area (Å²) in [7, 11) is 3.11. The molecule has 0 saturated heterocycles. The van der Waals surface area contributed by atoms with Gasteiger partial charge in [0.2, 0.25) is 11.4 Å². The van der Waals surface area contributed by atoms with Crippen LogP contribution in [0.25, 0.3) is 10.9 Å². The fourth-order valence-electron chi connectivity index (χ4n) is 6.54. The highest BCUT2D eigenvalue weighted by Crippen LogP contribution is 2.51. The van der Waals surface area contributed by atoms with Gasteiger partial charge >= 0.3 is 6.16 Å². The van der Waals surface area contributed by atoms with Crippen molar-refractivity contribution in [2.24, 2.45) is 11.8 Å². The summed E-state index contributed by atoms with van der Waals surface area (Å²) in [5, 5.41) is 9.61. The van der Waals surface area contributed by atoms with Crippen molar-refractivity contribution in [3.63, 3.8) is 0 Å². The summed E-state index contributed by atoms with van der Waals surface area (Å²) in [5.41, 5.74) is 14.8. The molecule has 0 radical (unpaired) electrons. The van der Waals surface area contributed by atoms with Gasteiger partial charge in [-0.1, -0.05) is 18.3 Å². The summed E-state index contributed by atoms with van der Waals surface area (Å²) in [6, 6.07) is 9.20. The standard InChI is InChI=1S/C32H31N5O6.ClH/c1-41-26-14-19(11-22-15-35-31(34)36-30(22)33)10-21(29(26)42-2)7-3-17-5-8-23-25(12-17)37(16-27(28(23)38)43-32(39)40)24-13-18-4-6-20(24)9-18;/h5,8,10,12,14-16,18,20,24H,4,6,9,11,13H2,1-2H3,(H,39,40)(H4,33,34,35,36);1H. The molecule has 3 atom stereocenters. The number of anilines is 2. The van der Waals surface area contributed by atoms with E-state index in [1.54, 1.807) is 38.7 Å². The Balaban J connectivity index is 0.00000384. The summed E-state index contributed by atoms with van der Waals surface area (Å²) in [4.78, 5) is 32.6. The van der Waals surface area contributed by atoms with Gasteiger partial charge in [0.15, 0.2) is 17.2 Å². The Labute approximate surface area is 259 Å². The number of halogens is 1. The molecule has 2 heterocycles. The Morgan fingerprint density at radius 1 is 1.09 bits per heavy atom. The van der Waals surface area contributed by atoms with E-state index < -0.39 is 11.6 Å². The topological polar surface area (TPSA) is 165 Å². The minimum Gasteiger partial charge on any atom is -0.493 e. The second-order valence-corrected chi connectivity index (χ2v) is 11.0. The second kappa shape index (κ2) is 12.3. The number of hydrogen-bond donors (Lipinski definition) is 3. The second-order valence-electron chi connectivity index (χ2n) is 11.0. The maximum Gasteiger partial charge on any atom is 0.511 e. The zero-order chi connectivity index (χ0) is 30.2. The van der Waals surface area contributed by atoms with Crippen LogP contribution in [0.2, 0.25) is 0 Å². The first-order valence-corrected chi connectivity index (χ1v) is 14.0. The minimum atomic E-state index is -1.52. The summed E-state index contributed by atoms with van der Waals surface area (Å²) in [6.07, 6.45) is 6.49. The number of methoxy groups -OCH3 is 2. The highest BCUT2D eigenvalue weighted by atomic mass is 35.5. The molecule has 12 heteroatoms. The molecule has 0 aliphatic heterocycles. The SMILES string of the molecule is COc1cc(Cc2cnc(N)nc2N)cc(C#Cc2ccc3c(=O)c(OC(=O)O)cn(C4CC5CCC4C5)c3c2)c1OC.Cl. The number of carboxylic acid groups (broad SMARTS) is 1. The third-order valence-electron chi connectivity index (χ3n) is 8.45. The Bertz CT molecular complexity index is 1880. The molecule has 0 spiro atoms. The Morgan fingerprint density at radius 3 is 2.57 bits per heavy atom. The van der Waals surface area contributed by atoms with Crippen molar-refractivity contribution in [2.75, 3.05) is 25.7 Å². The Hall–Kier alpha value is -4.95. The van der Waals surface area contributed by atoms with Gasteiger partial charge in [-0.05, 0) is 67.0 Å². The molecule has 4 aromatic rings. The van der Waals surface area contributed by atoms with Crippen LogP contribution in [0.3, 0.4) is 0 Å². The molecule has 5 N–H and O–H groups in total. The fraction of sp³-hybridized carbons (Fsp3) is 0.312. The van der Waals surface area contributed by atoms with E-state index in [0.717, 1.165) is 24.8 Å². The van der Waals surface area contributed by atoms with Crippen molar-refractivity contribution < 1.29 is 24.1 Å². The molecule has 228 valence electrons. The van der Waals surface area contributed by atoms with Crippen LogP contribution in [0.1, 0.15) is 54.0 Å². The lowest BCUT2D eigenvalue weighted by Gasteiger charge is -2.27. The molecule has 44 heavy (non-hydrogen) atoms. The van der Waals surface area contributed by atoms with Crippen LogP contribution in [-0.4, -0.2) is 40.0 Å². The van der Waals surface area contributed by atoms with Gasteiger partial charge in [0.25, 0.3) is 0 Å². The third-order valence-corrected chi connectivity index (χ3v) is 8.45. The van der Waals surface area contributed by atoms with Gasteiger partial charge in [-0.15, -0.1) is 12.4 Å². The van der Waals surface area contributed by atoms with E-state index in [1.807, 2.05) is 22.8 Å². The number of nitrogens with two attached hydrogens (primary N) is 2. The Kier molecular flexibility index (Phi) is 8.56. The highest BCUT2D eigenvalue weighted by Gasteiger charge is 2.41. The van der Waals surface area contributed by atoms with E-state index in [4.69, 9.17) is 25.7 Å². The number of hydrogen-bond acceptors (Lipinski definition) is 9. The summed E-state index contributed by atoms with van der Waals surface area (Å²) >= 11 is 0. The number of pyridine rings is 1. The molecule has 2 fully saturated rings. The first kappa shape index (κ1) is 30.5. The highest BCUT2D eigenvalue weighted by molar-refractivity contribution is 5.85. The lowest BCUT2D eigenvalue weighted by Crippen LogP contribution is -2.21. The predicted octanol–water partition coefficient (Wildman–Crippen LogP) is 4.80. The van der Waals surface area contributed by atoms with Gasteiger partial charge in [0.1, 0.15) is 5.82 Å². The fourth-order valence-corrected chi connectivity index (χ4v) is 6.54. The molecule has 2 saturated carbocycles. The molecule has 2 aliphatic carbocycles. The molecule has 11 nitrogen and oxygen atoms in total. The largest absolute Gasteiger partial charge is 0.511 e. The van der Waals surface area contributed by atoms with Crippen molar-refractivity contribution in [1.82, 2.24) is 14.5 Å². The monoisotopic (exact) mass is 617 g/mol. The van der Waals surface area contributed by atoms with E-state index in [1.165, 1.54) is 6.42 Å². The number of aromatic nitrogens is 3. The average molecular weight is 618 g/mol. The van der Waals surface area contributed by atoms with Gasteiger partial charge < -0.3 is 35.4 Å².